The molecule has 2 heterocycles. The number of carbonyl (C=O) groups is 1. The van der Waals surface area contributed by atoms with Crippen LogP contribution in [0.4, 0.5) is 0 Å². The molecule has 0 aliphatic carbocycles. The lowest BCUT2D eigenvalue weighted by atomic mass is 9.88. The average Bonchev–Trinajstić information content (AvgIpc) is 3.06. The molecule has 2 N–H and O–H groups in total. The van der Waals surface area contributed by atoms with E-state index in [0.29, 0.717) is 12.1 Å². The van der Waals surface area contributed by atoms with Crippen LogP contribution in [-0.4, -0.2) is 28.6 Å². The largest absolute Gasteiger partial charge is 0.472 e. The number of thiazole rings is 1. The Balaban J connectivity index is 2.03. The van der Waals surface area contributed by atoms with Gasteiger partial charge in [-0.25, -0.2) is 4.98 Å². The van der Waals surface area contributed by atoms with Gasteiger partial charge in [-0.3, -0.25) is 4.79 Å². The molecule has 6 heteroatoms. The smallest absolute Gasteiger partial charge is 0.271 e. The molecular formula is C15H20N2O3S. The number of aliphatic hydroxyl groups excluding tert-OH is 1. The number of hydrogen-bond donors (Lipinski definition) is 2. The highest BCUT2D eigenvalue weighted by molar-refractivity contribution is 7.13. The van der Waals surface area contributed by atoms with Gasteiger partial charge in [0, 0.05) is 10.9 Å². The van der Waals surface area contributed by atoms with Crippen molar-refractivity contribution >= 4 is 17.2 Å². The van der Waals surface area contributed by atoms with E-state index in [1.807, 2.05) is 0 Å². The highest BCUT2D eigenvalue weighted by atomic mass is 32.1. The van der Waals surface area contributed by atoms with Gasteiger partial charge in [0.2, 0.25) is 0 Å². The molecule has 1 atom stereocenters. The van der Waals surface area contributed by atoms with E-state index in [9.17, 15) is 9.90 Å². The van der Waals surface area contributed by atoms with Gasteiger partial charge in [-0.05, 0) is 17.9 Å². The van der Waals surface area contributed by atoms with Crippen LogP contribution in [0.2, 0.25) is 0 Å². The molecule has 0 fully saturated rings. The van der Waals surface area contributed by atoms with Crippen LogP contribution in [0.3, 0.4) is 0 Å². The third kappa shape index (κ3) is 4.41. The van der Waals surface area contributed by atoms with Gasteiger partial charge in [0.1, 0.15) is 17.0 Å². The molecule has 0 saturated heterocycles. The third-order valence-corrected chi connectivity index (χ3v) is 3.81. The number of furan rings is 1. The highest BCUT2D eigenvalue weighted by Gasteiger charge is 2.21. The predicted molar refractivity (Wildman–Crippen MR) is 82.2 cm³/mol. The summed E-state index contributed by atoms with van der Waals surface area (Å²) < 4.78 is 5.01. The summed E-state index contributed by atoms with van der Waals surface area (Å²) in [6, 6.07) is 1.54. The first-order valence-corrected chi connectivity index (χ1v) is 7.67. The van der Waals surface area contributed by atoms with Crippen molar-refractivity contribution in [1.82, 2.24) is 10.3 Å². The van der Waals surface area contributed by atoms with E-state index < -0.39 is 0 Å². The van der Waals surface area contributed by atoms with Gasteiger partial charge in [-0.15, -0.1) is 11.3 Å². The van der Waals surface area contributed by atoms with Crippen molar-refractivity contribution in [1.29, 1.82) is 0 Å². The van der Waals surface area contributed by atoms with Crippen LogP contribution in [-0.2, 0) is 0 Å². The minimum absolute atomic E-state index is 0.0324. The monoisotopic (exact) mass is 308 g/mol. The summed E-state index contributed by atoms with van der Waals surface area (Å²) in [6.45, 7) is 6.13. The zero-order valence-corrected chi connectivity index (χ0v) is 13.2. The molecule has 1 unspecified atom stereocenters. The summed E-state index contributed by atoms with van der Waals surface area (Å²) in [5, 5.41) is 14.7. The summed E-state index contributed by atoms with van der Waals surface area (Å²) in [5.41, 5.74) is 1.25. The molecule has 21 heavy (non-hydrogen) atoms. The van der Waals surface area contributed by atoms with Crippen molar-refractivity contribution in [3.05, 3.63) is 29.7 Å². The molecule has 0 bridgehead atoms. The standard InChI is InChI=1S/C15H20N2O3S/c1-15(2,3)6-11(7-18)16-13(19)12-9-21-14(17-12)10-4-5-20-8-10/h4-5,8-9,11,18H,6-7H2,1-3H3,(H,16,19). The van der Waals surface area contributed by atoms with Crippen LogP contribution < -0.4 is 5.32 Å². The maximum absolute atomic E-state index is 12.2. The first-order chi connectivity index (χ1) is 9.89. The van der Waals surface area contributed by atoms with Crippen LogP contribution in [0.1, 0.15) is 37.7 Å². The Morgan fingerprint density at radius 1 is 1.52 bits per heavy atom. The topological polar surface area (TPSA) is 75.4 Å². The third-order valence-electron chi connectivity index (χ3n) is 2.92. The fraction of sp³-hybridized carbons (Fsp3) is 0.467. The van der Waals surface area contributed by atoms with Gasteiger partial charge in [-0.2, -0.15) is 0 Å². The van der Waals surface area contributed by atoms with Gasteiger partial charge in [-0.1, -0.05) is 20.8 Å². The molecule has 0 aliphatic rings. The second kappa shape index (κ2) is 6.41. The number of nitrogens with zero attached hydrogens (tertiary/aromatic N) is 1. The molecule has 0 aromatic carbocycles. The zero-order chi connectivity index (χ0) is 15.5. The molecule has 0 spiro atoms. The van der Waals surface area contributed by atoms with Crippen molar-refractivity contribution in [2.45, 2.75) is 33.2 Å². The summed E-state index contributed by atoms with van der Waals surface area (Å²) in [6.07, 6.45) is 3.87. The van der Waals surface area contributed by atoms with Crippen molar-refractivity contribution in [3.63, 3.8) is 0 Å². The van der Waals surface area contributed by atoms with Gasteiger partial charge < -0.3 is 14.8 Å². The second-order valence-corrected chi connectivity index (χ2v) is 7.03. The Labute approximate surface area is 128 Å². The number of nitrogens with one attached hydrogen (secondary N) is 1. The Hall–Kier alpha value is -1.66. The van der Waals surface area contributed by atoms with Crippen LogP contribution in [0.25, 0.3) is 10.6 Å². The first kappa shape index (κ1) is 15.7. The van der Waals surface area contributed by atoms with Gasteiger partial charge >= 0.3 is 0 Å². The Kier molecular flexibility index (Phi) is 4.80. The lowest BCUT2D eigenvalue weighted by Gasteiger charge is -2.25. The maximum Gasteiger partial charge on any atom is 0.271 e. The average molecular weight is 308 g/mol. The van der Waals surface area contributed by atoms with Crippen molar-refractivity contribution in [2.75, 3.05) is 6.61 Å². The normalized spacial score (nSPS) is 13.1. The minimum Gasteiger partial charge on any atom is -0.472 e. The fourth-order valence-corrected chi connectivity index (χ4v) is 2.84. The van der Waals surface area contributed by atoms with E-state index in [1.165, 1.54) is 11.3 Å². The highest BCUT2D eigenvalue weighted by Crippen LogP contribution is 2.24. The van der Waals surface area contributed by atoms with E-state index in [0.717, 1.165) is 10.6 Å². The Morgan fingerprint density at radius 2 is 2.29 bits per heavy atom. The molecular weight excluding hydrogens is 288 g/mol. The second-order valence-electron chi connectivity index (χ2n) is 6.17. The molecule has 114 valence electrons. The van der Waals surface area contributed by atoms with Gasteiger partial charge in [0.25, 0.3) is 5.91 Å². The number of aliphatic hydroxyl groups is 1. The number of aromatic nitrogens is 1. The molecule has 2 rings (SSSR count). The quantitative estimate of drug-likeness (QED) is 0.890. The van der Waals surface area contributed by atoms with Gasteiger partial charge in [0.05, 0.1) is 18.9 Å². The lowest BCUT2D eigenvalue weighted by molar-refractivity contribution is 0.0893. The number of rotatable bonds is 5. The Bertz CT molecular complexity index is 584. The van der Waals surface area contributed by atoms with E-state index in [4.69, 9.17) is 4.42 Å². The SMILES string of the molecule is CC(C)(C)CC(CO)NC(=O)c1csc(-c2ccoc2)n1. The molecule has 0 aliphatic heterocycles. The van der Waals surface area contributed by atoms with Crippen LogP contribution in [0, 0.1) is 5.41 Å². The molecule has 5 nitrogen and oxygen atoms in total. The number of hydrogen-bond acceptors (Lipinski definition) is 5. The van der Waals surface area contributed by atoms with Crippen molar-refractivity contribution in [3.8, 4) is 10.6 Å². The molecule has 0 saturated carbocycles. The minimum atomic E-state index is -0.267. The zero-order valence-electron chi connectivity index (χ0n) is 12.4. The van der Waals surface area contributed by atoms with Crippen molar-refractivity contribution in [2.24, 2.45) is 5.41 Å². The molecule has 2 aromatic heterocycles. The number of carbonyl (C=O) groups excluding carboxylic acids is 1. The van der Waals surface area contributed by atoms with Crippen LogP contribution in [0.5, 0.6) is 0 Å². The lowest BCUT2D eigenvalue weighted by Crippen LogP contribution is -2.40. The Morgan fingerprint density at radius 3 is 2.86 bits per heavy atom. The van der Waals surface area contributed by atoms with Crippen molar-refractivity contribution < 1.29 is 14.3 Å². The first-order valence-electron chi connectivity index (χ1n) is 6.79. The molecule has 1 amide bonds. The summed E-state index contributed by atoms with van der Waals surface area (Å²) in [5.74, 6) is -0.260. The predicted octanol–water partition coefficient (Wildman–Crippen LogP) is 2.93. The molecule has 2 aromatic rings. The van der Waals surface area contributed by atoms with E-state index >= 15 is 0 Å². The van der Waals surface area contributed by atoms with E-state index in [2.05, 4.69) is 31.1 Å². The number of amides is 1. The molecule has 0 radical (unpaired) electrons. The fourth-order valence-electron chi connectivity index (χ4n) is 2.06. The summed E-state index contributed by atoms with van der Waals surface area (Å²) in [7, 11) is 0. The van der Waals surface area contributed by atoms with Gasteiger partial charge in [0.15, 0.2) is 0 Å². The summed E-state index contributed by atoms with van der Waals surface area (Å²) >= 11 is 1.39. The van der Waals surface area contributed by atoms with E-state index in [-0.39, 0.29) is 24.0 Å². The van der Waals surface area contributed by atoms with Crippen LogP contribution >= 0.6 is 11.3 Å². The van der Waals surface area contributed by atoms with E-state index in [1.54, 1.807) is 24.0 Å². The summed E-state index contributed by atoms with van der Waals surface area (Å²) in [4.78, 5) is 16.5. The maximum atomic E-state index is 12.2. The van der Waals surface area contributed by atoms with Crippen LogP contribution in [0.15, 0.2) is 28.4 Å².